The molecule has 0 amide bonds. The molecule has 1 N–H and O–H groups in total. The molecule has 1 aromatic rings. The van der Waals surface area contributed by atoms with E-state index in [1.54, 1.807) is 0 Å². The van der Waals surface area contributed by atoms with E-state index in [4.69, 9.17) is 27.9 Å². The summed E-state index contributed by atoms with van der Waals surface area (Å²) >= 11 is 11.8. The van der Waals surface area contributed by atoms with Crippen molar-refractivity contribution in [1.29, 1.82) is 0 Å². The van der Waals surface area contributed by atoms with E-state index in [1.807, 2.05) is 0 Å². The van der Waals surface area contributed by atoms with Gasteiger partial charge in [0.25, 0.3) is 0 Å². The molecule has 0 aliphatic carbocycles. The van der Waals surface area contributed by atoms with E-state index in [-0.39, 0.29) is 15.6 Å². The highest BCUT2D eigenvalue weighted by atomic mass is 35.5. The first kappa shape index (κ1) is 14.6. The molecule has 0 aliphatic heterocycles. The van der Waals surface area contributed by atoms with E-state index in [2.05, 4.69) is 0 Å². The summed E-state index contributed by atoms with van der Waals surface area (Å²) in [6.45, 7) is 0. The molecule has 0 saturated carbocycles. The Labute approximate surface area is 110 Å². The van der Waals surface area contributed by atoms with Crippen LogP contribution in [0.2, 0.25) is 10.0 Å². The van der Waals surface area contributed by atoms with Crippen LogP contribution in [0.25, 0.3) is 0 Å². The van der Waals surface area contributed by atoms with E-state index in [1.165, 1.54) is 19.2 Å². The van der Waals surface area contributed by atoms with Crippen LogP contribution >= 0.6 is 23.2 Å². The normalized spacial score (nSPS) is 13.5. The van der Waals surface area contributed by atoms with Crippen molar-refractivity contribution in [3.8, 4) is 5.75 Å². The number of ether oxygens (including phenoxy) is 1. The van der Waals surface area contributed by atoms with E-state index in [0.717, 1.165) is 6.26 Å². The quantitative estimate of drug-likeness (QED) is 0.924. The smallest absolute Gasteiger partial charge is 0.150 e. The minimum atomic E-state index is -3.30. The van der Waals surface area contributed by atoms with Crippen LogP contribution in [-0.4, -0.2) is 32.6 Å². The maximum absolute atomic E-state index is 11.1. The minimum Gasteiger partial charge on any atom is -0.495 e. The maximum Gasteiger partial charge on any atom is 0.150 e. The molecule has 96 valence electrons. The zero-order valence-electron chi connectivity index (χ0n) is 9.28. The average Bonchev–Trinajstić information content (AvgIpc) is 2.18. The van der Waals surface area contributed by atoms with E-state index in [0.29, 0.717) is 5.75 Å². The second-order valence-corrected chi connectivity index (χ2v) is 6.62. The van der Waals surface area contributed by atoms with Crippen molar-refractivity contribution in [3.63, 3.8) is 0 Å². The first-order chi connectivity index (χ1) is 7.74. The highest BCUT2D eigenvalue weighted by Gasteiger charge is 2.19. The Bertz CT molecular complexity index is 513. The molecule has 7 heteroatoms. The molecule has 0 aliphatic rings. The topological polar surface area (TPSA) is 63.6 Å². The van der Waals surface area contributed by atoms with Gasteiger partial charge in [0.2, 0.25) is 0 Å². The first-order valence-corrected chi connectivity index (χ1v) is 7.45. The number of hydrogen-bond donors (Lipinski definition) is 1. The highest BCUT2D eigenvalue weighted by molar-refractivity contribution is 7.90. The fraction of sp³-hybridized carbons (Fsp3) is 0.400. The van der Waals surface area contributed by atoms with Gasteiger partial charge in [0, 0.05) is 17.9 Å². The summed E-state index contributed by atoms with van der Waals surface area (Å²) in [5, 5.41) is 10.2. The van der Waals surface area contributed by atoms with Gasteiger partial charge in [0.15, 0.2) is 0 Å². The number of sulfone groups is 1. The van der Waals surface area contributed by atoms with Gasteiger partial charge in [-0.25, -0.2) is 8.42 Å². The van der Waals surface area contributed by atoms with Gasteiger partial charge in [-0.2, -0.15) is 0 Å². The van der Waals surface area contributed by atoms with Crippen LogP contribution in [0.4, 0.5) is 0 Å². The summed E-state index contributed by atoms with van der Waals surface area (Å²) in [5.74, 6) is -0.0398. The molecule has 17 heavy (non-hydrogen) atoms. The lowest BCUT2D eigenvalue weighted by atomic mass is 10.1. The molecule has 1 atom stereocenters. The third-order valence-electron chi connectivity index (χ3n) is 2.09. The number of rotatable bonds is 4. The van der Waals surface area contributed by atoms with Gasteiger partial charge >= 0.3 is 0 Å². The largest absolute Gasteiger partial charge is 0.495 e. The van der Waals surface area contributed by atoms with Crippen LogP contribution in [-0.2, 0) is 9.84 Å². The van der Waals surface area contributed by atoms with Crippen LogP contribution in [0.1, 0.15) is 11.7 Å². The Morgan fingerprint density at radius 1 is 1.35 bits per heavy atom. The molecule has 0 aromatic heterocycles. The van der Waals surface area contributed by atoms with Crippen molar-refractivity contribution >= 4 is 33.0 Å². The Hall–Kier alpha value is -0.490. The van der Waals surface area contributed by atoms with Crippen molar-refractivity contribution in [2.24, 2.45) is 0 Å². The van der Waals surface area contributed by atoms with Crippen LogP contribution in [0, 0.1) is 0 Å². The Morgan fingerprint density at radius 3 is 2.41 bits per heavy atom. The predicted molar refractivity (Wildman–Crippen MR) is 67.7 cm³/mol. The molecule has 1 unspecified atom stereocenters. The molecular weight excluding hydrogens is 287 g/mol. The monoisotopic (exact) mass is 298 g/mol. The van der Waals surface area contributed by atoms with Gasteiger partial charge in [0.1, 0.15) is 15.6 Å². The van der Waals surface area contributed by atoms with Crippen molar-refractivity contribution < 1.29 is 18.3 Å². The molecule has 0 saturated heterocycles. The fourth-order valence-corrected chi connectivity index (χ4v) is 2.61. The molecule has 1 rings (SSSR count). The van der Waals surface area contributed by atoms with Crippen LogP contribution < -0.4 is 4.74 Å². The second kappa shape index (κ2) is 5.44. The lowest BCUT2D eigenvalue weighted by molar-refractivity contribution is 0.202. The molecule has 0 radical (unpaired) electrons. The second-order valence-electron chi connectivity index (χ2n) is 3.62. The summed E-state index contributed by atoms with van der Waals surface area (Å²) in [7, 11) is -1.87. The van der Waals surface area contributed by atoms with Gasteiger partial charge < -0.3 is 9.84 Å². The summed E-state index contributed by atoms with van der Waals surface area (Å²) in [5.41, 5.74) is 0.267. The lowest BCUT2D eigenvalue weighted by Gasteiger charge is -2.13. The van der Waals surface area contributed by atoms with Crippen LogP contribution in [0.3, 0.4) is 0 Å². The van der Waals surface area contributed by atoms with Crippen LogP contribution in [0.5, 0.6) is 5.75 Å². The van der Waals surface area contributed by atoms with Gasteiger partial charge in [-0.3, -0.25) is 0 Å². The van der Waals surface area contributed by atoms with Crippen LogP contribution in [0.15, 0.2) is 12.1 Å². The SMILES string of the molecule is COc1cc(Cl)c(C(O)CS(C)(=O)=O)cc1Cl. The van der Waals surface area contributed by atoms with Gasteiger partial charge in [-0.15, -0.1) is 0 Å². The number of hydrogen-bond acceptors (Lipinski definition) is 4. The van der Waals surface area contributed by atoms with Crippen molar-refractivity contribution in [1.82, 2.24) is 0 Å². The fourth-order valence-electron chi connectivity index (χ4n) is 1.33. The molecule has 0 heterocycles. The molecule has 0 fully saturated rings. The zero-order chi connectivity index (χ0) is 13.2. The first-order valence-electron chi connectivity index (χ1n) is 4.63. The van der Waals surface area contributed by atoms with Crippen molar-refractivity contribution in [2.45, 2.75) is 6.10 Å². The summed E-state index contributed by atoms with van der Waals surface area (Å²) in [4.78, 5) is 0. The number of aliphatic hydroxyl groups excluding tert-OH is 1. The lowest BCUT2D eigenvalue weighted by Crippen LogP contribution is -2.13. The Kier molecular flexibility index (Phi) is 4.66. The van der Waals surface area contributed by atoms with E-state index in [9.17, 15) is 13.5 Å². The maximum atomic E-state index is 11.1. The van der Waals surface area contributed by atoms with Gasteiger partial charge in [0.05, 0.1) is 29.0 Å². The Balaban J connectivity index is 3.11. The zero-order valence-corrected chi connectivity index (χ0v) is 11.6. The predicted octanol–water partition coefficient (Wildman–Crippen LogP) is 2.08. The highest BCUT2D eigenvalue weighted by Crippen LogP contribution is 2.34. The van der Waals surface area contributed by atoms with E-state index >= 15 is 0 Å². The molecule has 4 nitrogen and oxygen atoms in total. The minimum absolute atomic E-state index is 0.211. The summed E-state index contributed by atoms with van der Waals surface area (Å²) in [6.07, 6.45) is -0.171. The number of aliphatic hydroxyl groups is 1. The van der Waals surface area contributed by atoms with Gasteiger partial charge in [-0.1, -0.05) is 23.2 Å². The molecular formula is C10H12Cl2O4S. The Morgan fingerprint density at radius 2 is 1.94 bits per heavy atom. The number of benzene rings is 1. The summed E-state index contributed by atoms with van der Waals surface area (Å²) in [6, 6.07) is 2.84. The standard InChI is InChI=1S/C10H12Cl2O4S/c1-16-10-4-7(11)6(3-8(10)12)9(13)5-17(2,14)15/h3-4,9,13H,5H2,1-2H3. The number of halogens is 2. The van der Waals surface area contributed by atoms with Crippen molar-refractivity contribution in [3.05, 3.63) is 27.7 Å². The molecule has 0 spiro atoms. The average molecular weight is 299 g/mol. The summed E-state index contributed by atoms with van der Waals surface area (Å²) < 4.78 is 27.1. The van der Waals surface area contributed by atoms with Gasteiger partial charge in [-0.05, 0) is 6.07 Å². The third kappa shape index (κ3) is 4.03. The number of methoxy groups -OCH3 is 1. The molecule has 0 bridgehead atoms. The molecule has 1 aromatic carbocycles. The van der Waals surface area contributed by atoms with E-state index < -0.39 is 21.7 Å². The third-order valence-corrected chi connectivity index (χ3v) is 3.63. The van der Waals surface area contributed by atoms with Crippen molar-refractivity contribution in [2.75, 3.05) is 19.1 Å².